The fourth-order valence-corrected chi connectivity index (χ4v) is 2.40. The van der Waals surface area contributed by atoms with Gasteiger partial charge in [0.25, 0.3) is 0 Å². The second-order valence-corrected chi connectivity index (χ2v) is 5.47. The van der Waals surface area contributed by atoms with Crippen LogP contribution in [0.4, 0.5) is 5.69 Å². The molecule has 3 rings (SSSR count). The van der Waals surface area contributed by atoms with Crippen LogP contribution in [0.25, 0.3) is 11.3 Å². The lowest BCUT2D eigenvalue weighted by Gasteiger charge is -2.07. The van der Waals surface area contributed by atoms with Crippen LogP contribution in [0, 0.1) is 0 Å². The molecule has 0 atom stereocenters. The summed E-state index contributed by atoms with van der Waals surface area (Å²) >= 11 is 0. The Balaban J connectivity index is 0.00000243. The number of rotatable bonds is 5. The number of nitrogens with zero attached hydrogens (tertiary/aromatic N) is 2. The van der Waals surface area contributed by atoms with Crippen molar-refractivity contribution in [1.29, 1.82) is 0 Å². The van der Waals surface area contributed by atoms with Gasteiger partial charge in [0.15, 0.2) is 5.96 Å². The molecule has 0 saturated heterocycles. The maximum Gasteiger partial charge on any atom is 0.193 e. The van der Waals surface area contributed by atoms with Crippen molar-refractivity contribution in [3.8, 4) is 17.0 Å². The summed E-state index contributed by atoms with van der Waals surface area (Å²) in [7, 11) is 1.64. The molecule has 0 aliphatic rings. The van der Waals surface area contributed by atoms with Gasteiger partial charge in [0.1, 0.15) is 5.75 Å². The van der Waals surface area contributed by atoms with Crippen LogP contribution in [0.15, 0.2) is 77.9 Å². The van der Waals surface area contributed by atoms with Gasteiger partial charge < -0.3 is 15.8 Å². The molecule has 0 amide bonds. The molecule has 0 spiro atoms. The Bertz CT molecular complexity index is 851. The third kappa shape index (κ3) is 5.45. The van der Waals surface area contributed by atoms with Gasteiger partial charge in [-0.15, -0.1) is 24.0 Å². The fraction of sp³-hybridized carbons (Fsp3) is 0.100. The Morgan fingerprint density at radius 1 is 1.08 bits per heavy atom. The minimum absolute atomic E-state index is 0. The number of hydrogen-bond donors (Lipinski definition) is 2. The van der Waals surface area contributed by atoms with Gasteiger partial charge in [-0.1, -0.05) is 24.3 Å². The molecule has 0 fully saturated rings. The first kappa shape index (κ1) is 19.7. The van der Waals surface area contributed by atoms with Crippen molar-refractivity contribution in [2.24, 2.45) is 10.7 Å². The van der Waals surface area contributed by atoms with Crippen LogP contribution in [0.1, 0.15) is 5.56 Å². The van der Waals surface area contributed by atoms with E-state index in [1.807, 2.05) is 60.7 Å². The number of nitrogens with one attached hydrogen (secondary N) is 1. The zero-order chi connectivity index (χ0) is 17.5. The number of aromatic nitrogens is 1. The Hall–Kier alpha value is -2.61. The molecule has 1 aromatic heterocycles. The molecular formula is C20H21IN4O. The standard InChI is InChI=1S/C20H20N4O.HI/c1-25-18-10-8-17(9-11-18)24-20(21)23-14-15-5-4-6-16(13-15)19-7-2-3-12-22-19;/h2-13H,14H2,1H3,(H3,21,23,24);1H. The number of methoxy groups -OCH3 is 1. The molecule has 0 radical (unpaired) electrons. The average molecular weight is 460 g/mol. The van der Waals surface area contributed by atoms with Gasteiger partial charge in [-0.2, -0.15) is 0 Å². The molecule has 0 saturated carbocycles. The van der Waals surface area contributed by atoms with Gasteiger partial charge in [-0.25, -0.2) is 4.99 Å². The second kappa shape index (κ2) is 9.76. The van der Waals surface area contributed by atoms with Gasteiger partial charge in [0.05, 0.1) is 19.3 Å². The van der Waals surface area contributed by atoms with E-state index in [1.54, 1.807) is 13.3 Å². The van der Waals surface area contributed by atoms with E-state index in [9.17, 15) is 0 Å². The summed E-state index contributed by atoms with van der Waals surface area (Å²) in [6, 6.07) is 21.5. The first-order valence-electron chi connectivity index (χ1n) is 7.96. The smallest absolute Gasteiger partial charge is 0.193 e. The molecule has 3 aromatic rings. The van der Waals surface area contributed by atoms with Crippen LogP contribution in [0.5, 0.6) is 5.75 Å². The van der Waals surface area contributed by atoms with Crippen molar-refractivity contribution in [3.63, 3.8) is 0 Å². The normalized spacial score (nSPS) is 10.7. The van der Waals surface area contributed by atoms with E-state index in [0.717, 1.165) is 28.3 Å². The Morgan fingerprint density at radius 3 is 2.58 bits per heavy atom. The van der Waals surface area contributed by atoms with Gasteiger partial charge in [-0.3, -0.25) is 4.98 Å². The highest BCUT2D eigenvalue weighted by Crippen LogP contribution is 2.18. The first-order valence-corrected chi connectivity index (χ1v) is 7.96. The van der Waals surface area contributed by atoms with Crippen LogP contribution in [-0.4, -0.2) is 18.1 Å². The van der Waals surface area contributed by atoms with Gasteiger partial charge in [0.2, 0.25) is 0 Å². The predicted molar refractivity (Wildman–Crippen MR) is 117 cm³/mol. The molecule has 26 heavy (non-hydrogen) atoms. The van der Waals surface area contributed by atoms with E-state index >= 15 is 0 Å². The molecular weight excluding hydrogens is 439 g/mol. The molecule has 0 aliphatic carbocycles. The highest BCUT2D eigenvalue weighted by molar-refractivity contribution is 14.0. The molecule has 6 heteroatoms. The van der Waals surface area contributed by atoms with E-state index in [2.05, 4.69) is 21.4 Å². The lowest BCUT2D eigenvalue weighted by atomic mass is 10.1. The summed E-state index contributed by atoms with van der Waals surface area (Å²) in [4.78, 5) is 8.77. The van der Waals surface area contributed by atoms with Crippen molar-refractivity contribution in [2.75, 3.05) is 12.4 Å². The predicted octanol–water partition coefficient (Wildman–Crippen LogP) is 4.30. The van der Waals surface area contributed by atoms with Crippen LogP contribution < -0.4 is 15.8 Å². The van der Waals surface area contributed by atoms with Crippen molar-refractivity contribution in [2.45, 2.75) is 6.54 Å². The number of aliphatic imine (C=N–C) groups is 1. The van der Waals surface area contributed by atoms with Crippen molar-refractivity contribution in [3.05, 3.63) is 78.5 Å². The van der Waals surface area contributed by atoms with Gasteiger partial charge in [0, 0.05) is 17.4 Å². The Morgan fingerprint density at radius 2 is 1.88 bits per heavy atom. The zero-order valence-electron chi connectivity index (χ0n) is 14.4. The molecule has 0 bridgehead atoms. The maximum atomic E-state index is 5.97. The number of anilines is 1. The summed E-state index contributed by atoms with van der Waals surface area (Å²) < 4.78 is 5.13. The topological polar surface area (TPSA) is 72.5 Å². The van der Waals surface area contributed by atoms with E-state index < -0.39 is 0 Å². The van der Waals surface area contributed by atoms with E-state index in [4.69, 9.17) is 10.5 Å². The first-order chi connectivity index (χ1) is 12.2. The largest absolute Gasteiger partial charge is 0.497 e. The molecule has 0 aliphatic heterocycles. The maximum absolute atomic E-state index is 5.97. The van der Waals surface area contributed by atoms with E-state index in [0.29, 0.717) is 12.5 Å². The second-order valence-electron chi connectivity index (χ2n) is 5.47. The highest BCUT2D eigenvalue weighted by Gasteiger charge is 2.01. The third-order valence-electron chi connectivity index (χ3n) is 3.68. The number of guanidine groups is 1. The Kier molecular flexibility index (Phi) is 7.40. The van der Waals surface area contributed by atoms with Crippen LogP contribution in [0.3, 0.4) is 0 Å². The van der Waals surface area contributed by atoms with E-state index in [1.165, 1.54) is 0 Å². The van der Waals surface area contributed by atoms with Crippen LogP contribution >= 0.6 is 24.0 Å². The molecule has 5 nitrogen and oxygen atoms in total. The summed E-state index contributed by atoms with van der Waals surface area (Å²) in [5.41, 5.74) is 9.91. The molecule has 3 N–H and O–H groups in total. The summed E-state index contributed by atoms with van der Waals surface area (Å²) in [6.07, 6.45) is 1.79. The van der Waals surface area contributed by atoms with Gasteiger partial charge >= 0.3 is 0 Å². The quantitative estimate of drug-likeness (QED) is 0.338. The van der Waals surface area contributed by atoms with Crippen molar-refractivity contribution >= 4 is 35.6 Å². The molecule has 134 valence electrons. The van der Waals surface area contributed by atoms with Crippen LogP contribution in [-0.2, 0) is 6.54 Å². The van der Waals surface area contributed by atoms with Gasteiger partial charge in [-0.05, 0) is 48.0 Å². The highest BCUT2D eigenvalue weighted by atomic mass is 127. The number of ether oxygens (including phenoxy) is 1. The lowest BCUT2D eigenvalue weighted by molar-refractivity contribution is 0.415. The summed E-state index contributed by atoms with van der Waals surface area (Å²) in [5, 5.41) is 3.07. The van der Waals surface area contributed by atoms with Crippen molar-refractivity contribution < 1.29 is 4.74 Å². The zero-order valence-corrected chi connectivity index (χ0v) is 16.8. The number of pyridine rings is 1. The fourth-order valence-electron chi connectivity index (χ4n) is 2.40. The molecule has 0 unspecified atom stereocenters. The Labute approximate surface area is 170 Å². The lowest BCUT2D eigenvalue weighted by Crippen LogP contribution is -2.22. The monoisotopic (exact) mass is 460 g/mol. The molecule has 1 heterocycles. The number of hydrogen-bond acceptors (Lipinski definition) is 3. The minimum atomic E-state index is 0. The summed E-state index contributed by atoms with van der Waals surface area (Å²) in [5.74, 6) is 1.17. The van der Waals surface area contributed by atoms with Crippen LogP contribution in [0.2, 0.25) is 0 Å². The number of halogens is 1. The summed E-state index contributed by atoms with van der Waals surface area (Å²) in [6.45, 7) is 0.496. The van der Waals surface area contributed by atoms with E-state index in [-0.39, 0.29) is 24.0 Å². The average Bonchev–Trinajstić information content (AvgIpc) is 2.68. The SMILES string of the molecule is COc1ccc(NC(N)=NCc2cccc(-c3ccccn3)c2)cc1.I. The number of nitrogens with two attached hydrogens (primary N) is 1. The number of benzene rings is 2. The molecule has 2 aromatic carbocycles. The minimum Gasteiger partial charge on any atom is -0.497 e. The van der Waals surface area contributed by atoms with Crippen molar-refractivity contribution in [1.82, 2.24) is 4.98 Å². The third-order valence-corrected chi connectivity index (χ3v) is 3.68.